The first-order chi connectivity index (χ1) is 11.8. The summed E-state index contributed by atoms with van der Waals surface area (Å²) in [7, 11) is 0. The van der Waals surface area contributed by atoms with Crippen LogP contribution in [0.1, 0.15) is 31.5 Å². The van der Waals surface area contributed by atoms with Crippen molar-refractivity contribution in [3.05, 3.63) is 5.82 Å². The van der Waals surface area contributed by atoms with Gasteiger partial charge in [-0.15, -0.1) is 0 Å². The summed E-state index contributed by atoms with van der Waals surface area (Å²) >= 11 is 0. The van der Waals surface area contributed by atoms with Crippen molar-refractivity contribution in [1.82, 2.24) is 20.3 Å². The van der Waals surface area contributed by atoms with Crippen molar-refractivity contribution in [3.63, 3.8) is 0 Å². The average molecular weight is 332 g/mol. The molecule has 0 atom stereocenters. The summed E-state index contributed by atoms with van der Waals surface area (Å²) in [6.45, 7) is 5.31. The summed E-state index contributed by atoms with van der Waals surface area (Å²) in [5, 5.41) is 2.96. The van der Waals surface area contributed by atoms with Gasteiger partial charge >= 0.3 is 0 Å². The molecule has 24 heavy (non-hydrogen) atoms. The summed E-state index contributed by atoms with van der Waals surface area (Å²) in [6.07, 6.45) is 4.35. The third kappa shape index (κ3) is 3.58. The fraction of sp³-hybridized carbons (Fsp3) is 0.750. The van der Waals surface area contributed by atoms with E-state index in [0.717, 1.165) is 45.0 Å². The third-order valence-electron chi connectivity index (χ3n) is 4.71. The number of carbonyl (C=O) groups is 1. The minimum Gasteiger partial charge on any atom is -0.378 e. The highest BCUT2D eigenvalue weighted by Crippen LogP contribution is 2.28. The van der Waals surface area contributed by atoms with Crippen LogP contribution in [0.2, 0.25) is 0 Å². The molecule has 1 amide bonds. The van der Waals surface area contributed by atoms with Gasteiger partial charge in [0.1, 0.15) is 0 Å². The predicted molar refractivity (Wildman–Crippen MR) is 88.9 cm³/mol. The van der Waals surface area contributed by atoms with E-state index in [9.17, 15) is 4.79 Å². The van der Waals surface area contributed by atoms with Crippen LogP contribution in [0.4, 0.5) is 11.9 Å². The molecule has 0 radical (unpaired) electrons. The number of hydrogen-bond acceptors (Lipinski definition) is 7. The standard InChI is InChI=1S/C16H24N6O2/c23-14(12-3-4-12)17-11-13-18-15(21-5-1-2-6-21)20-16(19-13)22-7-9-24-10-8-22/h12H,1-11H2,(H,17,23). The van der Waals surface area contributed by atoms with Gasteiger partial charge in [-0.2, -0.15) is 15.0 Å². The first-order valence-electron chi connectivity index (χ1n) is 8.90. The van der Waals surface area contributed by atoms with Crippen LogP contribution >= 0.6 is 0 Å². The molecule has 8 heteroatoms. The van der Waals surface area contributed by atoms with E-state index in [0.29, 0.717) is 31.5 Å². The number of hydrogen-bond donors (Lipinski definition) is 1. The number of anilines is 2. The Hall–Kier alpha value is -1.96. The molecule has 0 bridgehead atoms. The van der Waals surface area contributed by atoms with E-state index in [-0.39, 0.29) is 11.8 Å². The predicted octanol–water partition coefficient (Wildman–Crippen LogP) is 0.335. The van der Waals surface area contributed by atoms with Gasteiger partial charge in [0.15, 0.2) is 5.82 Å². The minimum atomic E-state index is 0.117. The van der Waals surface area contributed by atoms with Crippen LogP contribution < -0.4 is 15.1 Å². The summed E-state index contributed by atoms with van der Waals surface area (Å²) < 4.78 is 5.41. The second-order valence-electron chi connectivity index (χ2n) is 6.64. The van der Waals surface area contributed by atoms with Crippen LogP contribution in [0, 0.1) is 5.92 Å². The quantitative estimate of drug-likeness (QED) is 0.832. The summed E-state index contributed by atoms with van der Waals surface area (Å²) in [4.78, 5) is 30.1. The van der Waals surface area contributed by atoms with Crippen molar-refractivity contribution in [2.24, 2.45) is 5.92 Å². The van der Waals surface area contributed by atoms with Crippen LogP contribution in [0.3, 0.4) is 0 Å². The highest BCUT2D eigenvalue weighted by atomic mass is 16.5. The second-order valence-corrected chi connectivity index (χ2v) is 6.64. The van der Waals surface area contributed by atoms with Gasteiger partial charge in [-0.3, -0.25) is 4.79 Å². The van der Waals surface area contributed by atoms with Crippen molar-refractivity contribution in [1.29, 1.82) is 0 Å². The minimum absolute atomic E-state index is 0.117. The molecular weight excluding hydrogens is 308 g/mol. The molecule has 1 N–H and O–H groups in total. The molecule has 0 unspecified atom stereocenters. The van der Waals surface area contributed by atoms with Crippen molar-refractivity contribution in [2.75, 3.05) is 49.2 Å². The van der Waals surface area contributed by atoms with Gasteiger partial charge in [-0.25, -0.2) is 0 Å². The first kappa shape index (κ1) is 15.6. The zero-order valence-corrected chi connectivity index (χ0v) is 13.9. The zero-order chi connectivity index (χ0) is 16.4. The molecule has 3 fully saturated rings. The maximum atomic E-state index is 11.9. The van der Waals surface area contributed by atoms with Crippen LogP contribution in [-0.4, -0.2) is 60.3 Å². The Morgan fingerprint density at radius 2 is 1.62 bits per heavy atom. The maximum Gasteiger partial charge on any atom is 0.230 e. The number of ether oxygens (including phenoxy) is 1. The molecule has 130 valence electrons. The summed E-state index contributed by atoms with van der Waals surface area (Å²) in [5.41, 5.74) is 0. The third-order valence-corrected chi connectivity index (χ3v) is 4.71. The lowest BCUT2D eigenvalue weighted by Gasteiger charge is -2.28. The Morgan fingerprint density at radius 3 is 2.25 bits per heavy atom. The van der Waals surface area contributed by atoms with E-state index in [1.54, 1.807) is 0 Å². The SMILES string of the molecule is O=C(NCc1nc(N2CCCC2)nc(N2CCOCC2)n1)C1CC1. The molecule has 1 aromatic heterocycles. The van der Waals surface area contributed by atoms with Crippen LogP contribution in [0.25, 0.3) is 0 Å². The average Bonchev–Trinajstić information content (AvgIpc) is 3.34. The number of nitrogens with zero attached hydrogens (tertiary/aromatic N) is 5. The highest BCUT2D eigenvalue weighted by molar-refractivity contribution is 5.80. The van der Waals surface area contributed by atoms with Crippen molar-refractivity contribution >= 4 is 17.8 Å². The Morgan fingerprint density at radius 1 is 1.00 bits per heavy atom. The summed E-state index contributed by atoms with van der Waals surface area (Å²) in [6, 6.07) is 0. The molecule has 3 heterocycles. The topological polar surface area (TPSA) is 83.5 Å². The highest BCUT2D eigenvalue weighted by Gasteiger charge is 2.29. The van der Waals surface area contributed by atoms with Gasteiger partial charge in [0.25, 0.3) is 0 Å². The van der Waals surface area contributed by atoms with E-state index >= 15 is 0 Å². The van der Waals surface area contributed by atoms with E-state index in [4.69, 9.17) is 4.74 Å². The molecule has 2 aliphatic heterocycles. The first-order valence-corrected chi connectivity index (χ1v) is 8.90. The maximum absolute atomic E-state index is 11.9. The molecule has 1 aromatic rings. The lowest BCUT2D eigenvalue weighted by molar-refractivity contribution is -0.122. The van der Waals surface area contributed by atoms with Gasteiger partial charge < -0.3 is 19.9 Å². The van der Waals surface area contributed by atoms with Crippen LogP contribution in [0.15, 0.2) is 0 Å². The van der Waals surface area contributed by atoms with E-state index in [1.165, 1.54) is 12.8 Å². The number of carbonyl (C=O) groups excluding carboxylic acids is 1. The molecule has 1 saturated carbocycles. The Kier molecular flexibility index (Phi) is 4.46. The van der Waals surface area contributed by atoms with Gasteiger partial charge in [-0.05, 0) is 25.7 Å². The molecular formula is C16H24N6O2. The molecule has 4 rings (SSSR count). The van der Waals surface area contributed by atoms with Crippen molar-refractivity contribution < 1.29 is 9.53 Å². The van der Waals surface area contributed by atoms with Crippen molar-refractivity contribution in [2.45, 2.75) is 32.2 Å². The van der Waals surface area contributed by atoms with Crippen LogP contribution in [0.5, 0.6) is 0 Å². The largest absolute Gasteiger partial charge is 0.378 e. The Balaban J connectivity index is 1.53. The fourth-order valence-electron chi connectivity index (χ4n) is 3.09. The Bertz CT molecular complexity index is 594. The lowest BCUT2D eigenvalue weighted by atomic mass is 10.4. The van der Waals surface area contributed by atoms with Gasteiger partial charge in [0, 0.05) is 32.1 Å². The smallest absolute Gasteiger partial charge is 0.230 e. The van der Waals surface area contributed by atoms with Crippen LogP contribution in [-0.2, 0) is 16.1 Å². The van der Waals surface area contributed by atoms with E-state index in [1.807, 2.05) is 0 Å². The van der Waals surface area contributed by atoms with Gasteiger partial charge in [0.05, 0.1) is 19.8 Å². The van der Waals surface area contributed by atoms with E-state index in [2.05, 4.69) is 30.1 Å². The second kappa shape index (κ2) is 6.88. The number of rotatable bonds is 5. The van der Waals surface area contributed by atoms with Gasteiger partial charge in [0.2, 0.25) is 17.8 Å². The molecule has 0 aromatic carbocycles. The monoisotopic (exact) mass is 332 g/mol. The number of morpholine rings is 1. The number of nitrogens with one attached hydrogen (secondary N) is 1. The van der Waals surface area contributed by atoms with E-state index < -0.39 is 0 Å². The van der Waals surface area contributed by atoms with Gasteiger partial charge in [-0.1, -0.05) is 0 Å². The molecule has 2 saturated heterocycles. The molecule has 0 spiro atoms. The lowest BCUT2D eigenvalue weighted by Crippen LogP contribution is -2.38. The normalized spacial score (nSPS) is 21.2. The molecule has 1 aliphatic carbocycles. The number of amides is 1. The fourth-order valence-corrected chi connectivity index (χ4v) is 3.09. The zero-order valence-electron chi connectivity index (χ0n) is 13.9. The van der Waals surface area contributed by atoms with Crippen molar-refractivity contribution in [3.8, 4) is 0 Å². The Labute approximate surface area is 141 Å². The molecule has 8 nitrogen and oxygen atoms in total. The summed E-state index contributed by atoms with van der Waals surface area (Å²) in [5.74, 6) is 2.39. The number of aromatic nitrogens is 3. The molecule has 3 aliphatic rings.